The van der Waals surface area contributed by atoms with Gasteiger partial charge in [-0.2, -0.15) is 5.06 Å². The monoisotopic (exact) mass is 1720 g/mol. The minimum Gasteiger partial charge on any atom is -0.310 e. The van der Waals surface area contributed by atoms with Crippen LogP contribution < -0.4 is 9.80 Å². The lowest BCUT2D eigenvalue weighted by Crippen LogP contribution is -2.46. The molecular formula is C129H111N3O. The summed E-state index contributed by atoms with van der Waals surface area (Å²) in [5, 5.41) is 2.35. The van der Waals surface area contributed by atoms with E-state index in [0.717, 1.165) is 69.2 Å². The van der Waals surface area contributed by atoms with Crippen molar-refractivity contribution >= 4 is 34.1 Å². The van der Waals surface area contributed by atoms with E-state index in [4.69, 9.17) is 4.84 Å². The van der Waals surface area contributed by atoms with Crippen molar-refractivity contribution < 1.29 is 4.84 Å². The number of nitrogens with zero attached hydrogens (tertiary/aromatic N) is 3. The van der Waals surface area contributed by atoms with E-state index in [1.54, 1.807) is 0 Å². The van der Waals surface area contributed by atoms with Gasteiger partial charge in [0.15, 0.2) is 0 Å². The summed E-state index contributed by atoms with van der Waals surface area (Å²) < 4.78 is 0. The molecule has 0 saturated heterocycles. The molecule has 4 aliphatic rings. The van der Waals surface area contributed by atoms with Crippen LogP contribution in [-0.2, 0) is 21.1 Å². The summed E-state index contributed by atoms with van der Waals surface area (Å²) in [4.78, 5) is 12.9. The van der Waals surface area contributed by atoms with Crippen LogP contribution in [0.3, 0.4) is 0 Å². The fourth-order valence-corrected chi connectivity index (χ4v) is 22.8. The molecule has 133 heavy (non-hydrogen) atoms. The van der Waals surface area contributed by atoms with E-state index in [0.29, 0.717) is 0 Å². The van der Waals surface area contributed by atoms with Gasteiger partial charge in [0.2, 0.25) is 0 Å². The zero-order valence-corrected chi connectivity index (χ0v) is 77.6. The van der Waals surface area contributed by atoms with Crippen molar-refractivity contribution in [2.75, 3.05) is 9.80 Å². The van der Waals surface area contributed by atoms with E-state index < -0.39 is 5.41 Å². The van der Waals surface area contributed by atoms with E-state index in [-0.39, 0.29) is 46.3 Å². The first-order chi connectivity index (χ1) is 64.8. The maximum absolute atomic E-state index is 7.99. The van der Waals surface area contributed by atoms with Gasteiger partial charge in [-0.1, -0.05) is 400 Å². The molecule has 5 atom stereocenters. The highest BCUT2D eigenvalue weighted by molar-refractivity contribution is 5.98. The van der Waals surface area contributed by atoms with Crippen molar-refractivity contribution in [2.24, 2.45) is 5.92 Å². The number of hydroxylamine groups is 2. The third-order valence-electron chi connectivity index (χ3n) is 29.5. The van der Waals surface area contributed by atoms with Gasteiger partial charge in [-0.15, -0.1) is 0 Å². The molecule has 0 aromatic heterocycles. The second-order valence-electron chi connectivity index (χ2n) is 39.7. The second kappa shape index (κ2) is 34.0. The molecule has 0 heterocycles. The first-order valence-electron chi connectivity index (χ1n) is 47.7. The normalized spacial score (nSPS) is 15.2. The Morgan fingerprint density at radius 3 is 0.992 bits per heavy atom. The summed E-state index contributed by atoms with van der Waals surface area (Å²) in [5.41, 5.74) is 43.1. The van der Waals surface area contributed by atoms with Crippen molar-refractivity contribution in [1.82, 2.24) is 5.06 Å². The summed E-state index contributed by atoms with van der Waals surface area (Å²) in [5.74, 6) is 0.562. The zero-order chi connectivity index (χ0) is 90.4. The van der Waals surface area contributed by atoms with Gasteiger partial charge in [-0.3, -0.25) is 4.84 Å². The van der Waals surface area contributed by atoms with Crippen LogP contribution in [0.4, 0.5) is 34.1 Å². The maximum atomic E-state index is 7.99. The van der Waals surface area contributed by atoms with Crippen molar-refractivity contribution in [3.63, 3.8) is 0 Å². The van der Waals surface area contributed by atoms with E-state index in [1.807, 2.05) is 0 Å². The molecule has 4 heteroatoms. The molecule has 0 amide bonds. The first-order valence-corrected chi connectivity index (χ1v) is 47.7. The van der Waals surface area contributed by atoms with Crippen molar-refractivity contribution in [1.29, 1.82) is 0 Å². The Hall–Kier alpha value is -14.5. The largest absolute Gasteiger partial charge is 0.310 e. The molecule has 0 aliphatic heterocycles. The summed E-state index contributed by atoms with van der Waals surface area (Å²) in [6.45, 7) is 23.5. The molecule has 1 spiro atoms. The molecule has 4 aliphatic carbocycles. The molecule has 0 saturated carbocycles. The molecular weight excluding hydrogens is 1610 g/mol. The Kier molecular flexibility index (Phi) is 21.5. The van der Waals surface area contributed by atoms with E-state index in [1.165, 1.54) is 145 Å². The van der Waals surface area contributed by atoms with Crippen molar-refractivity contribution in [3.8, 4) is 100 Å². The van der Waals surface area contributed by atoms with Crippen LogP contribution in [0, 0.1) is 5.92 Å². The Morgan fingerprint density at radius 1 is 0.241 bits per heavy atom. The van der Waals surface area contributed by atoms with Crippen LogP contribution in [0.15, 0.2) is 437 Å². The molecule has 0 radical (unpaired) electrons. The standard InChI is InChI=1S/C129H111N3O/c1-85(2)125(97-38-21-14-22-39-97)132(126(4,5)6)133-124(96-56-54-90(55-57-96)93-62-68-103(69-63-93)130(102-66-58-91(59-67-102)88-34-17-12-18-35-88)106-72-76-112-108-42-23-27-46-116(108)127(7,8)120(112)83-106)82-101(78-86(3)87-32-15-11-16-33-87)95-52-50-94(51-53-95)99-64-74-114-110-44-25-29-48-118(110)129(122(114)80-99)119-49-30-26-45-111(119)115-75-65-100(81-123(115)129)98-40-31-41-105(79-98)131(104-70-60-92(61-71-104)89-36-19-13-20-37-89)107-73-77-113-109-43-24-28-47-117(109)128(9,10)121(113)84-107/h11-77,79-81,83-86,101,124-125H,78,82H2,1-10H3. The third-order valence-corrected chi connectivity index (χ3v) is 29.5. The summed E-state index contributed by atoms with van der Waals surface area (Å²) in [7, 11) is 0. The van der Waals surface area contributed by atoms with Crippen LogP contribution >= 0.6 is 0 Å². The van der Waals surface area contributed by atoms with Gasteiger partial charge >= 0.3 is 0 Å². The lowest BCUT2D eigenvalue weighted by molar-refractivity contribution is -0.278. The lowest BCUT2D eigenvalue weighted by Gasteiger charge is -2.45. The number of anilines is 6. The van der Waals surface area contributed by atoms with Crippen LogP contribution in [0.25, 0.3) is 100 Å². The second-order valence-corrected chi connectivity index (χ2v) is 39.7. The highest BCUT2D eigenvalue weighted by Gasteiger charge is 2.52. The number of hydrogen-bond donors (Lipinski definition) is 0. The van der Waals surface area contributed by atoms with E-state index in [9.17, 15) is 0 Å². The Morgan fingerprint density at radius 2 is 0.549 bits per heavy atom. The number of rotatable bonds is 23. The lowest BCUT2D eigenvalue weighted by atomic mass is 9.70. The predicted molar refractivity (Wildman–Crippen MR) is 557 cm³/mol. The maximum Gasteiger partial charge on any atom is 0.105 e. The van der Waals surface area contributed by atoms with Crippen molar-refractivity contribution in [2.45, 2.75) is 128 Å². The summed E-state index contributed by atoms with van der Waals surface area (Å²) in [6, 6.07) is 164. The minimum absolute atomic E-state index is 0.0328. The number of benzene rings is 18. The third kappa shape index (κ3) is 15.0. The molecule has 648 valence electrons. The SMILES string of the molecule is CC(CC(CC(ON(C(c1ccccc1)C(C)C)C(C)(C)C)c1ccc(-c2ccc(N(c3ccc(-c4ccccc4)cc3)c3ccc4c(c3)C(C)(C)c3ccccc3-4)cc2)cc1)c1ccc(-c2ccc3c(c2)C2(c4ccccc4-3)c3ccccc3-c3ccc(-c4cccc(N(c5ccc(-c6ccccc6)cc5)c5ccc6c(c5)C(C)(C)c5ccccc5-6)c4)cc32)cc1)c1ccccc1. The molecule has 18 aromatic carbocycles. The van der Waals surface area contributed by atoms with Gasteiger partial charge in [0.25, 0.3) is 0 Å². The van der Waals surface area contributed by atoms with Gasteiger partial charge in [0.1, 0.15) is 6.10 Å². The smallest absolute Gasteiger partial charge is 0.105 e. The zero-order valence-electron chi connectivity index (χ0n) is 77.6. The Bertz CT molecular complexity index is 7340. The Labute approximate surface area is 785 Å². The molecule has 18 aromatic rings. The van der Waals surface area contributed by atoms with Gasteiger partial charge in [0.05, 0.1) is 11.5 Å². The predicted octanol–water partition coefficient (Wildman–Crippen LogP) is 34.8. The van der Waals surface area contributed by atoms with E-state index >= 15 is 0 Å². The van der Waals surface area contributed by atoms with Gasteiger partial charge in [0, 0.05) is 50.5 Å². The van der Waals surface area contributed by atoms with E-state index in [2.05, 4.69) is 521 Å². The summed E-state index contributed by atoms with van der Waals surface area (Å²) in [6.07, 6.45) is 1.31. The first kappa shape index (κ1) is 84.1. The topological polar surface area (TPSA) is 19.0 Å². The average Bonchev–Trinajstić information content (AvgIpc) is 1.50. The van der Waals surface area contributed by atoms with Crippen LogP contribution in [0.1, 0.15) is 173 Å². The Balaban J connectivity index is 0.613. The van der Waals surface area contributed by atoms with Crippen LogP contribution in [-0.4, -0.2) is 10.6 Å². The number of fused-ring (bicyclic) bond motifs is 16. The van der Waals surface area contributed by atoms with Gasteiger partial charge in [-0.05, 0) is 303 Å². The molecule has 5 unspecified atom stereocenters. The van der Waals surface area contributed by atoms with Crippen LogP contribution in [0.2, 0.25) is 0 Å². The molecule has 0 fully saturated rings. The fraction of sp³-hybridized carbons (Fsp3) is 0.163. The van der Waals surface area contributed by atoms with Gasteiger partial charge < -0.3 is 9.80 Å². The number of hydrogen-bond acceptors (Lipinski definition) is 4. The van der Waals surface area contributed by atoms with Gasteiger partial charge in [-0.25, -0.2) is 0 Å². The molecule has 22 rings (SSSR count). The quantitative estimate of drug-likeness (QED) is 0.0594. The van der Waals surface area contributed by atoms with Crippen molar-refractivity contribution in [3.05, 3.63) is 504 Å². The minimum atomic E-state index is -0.607. The molecule has 0 N–H and O–H groups in total. The molecule has 4 nitrogen and oxygen atoms in total. The fourth-order valence-electron chi connectivity index (χ4n) is 22.8. The summed E-state index contributed by atoms with van der Waals surface area (Å²) >= 11 is 0. The average molecular weight is 1720 g/mol. The van der Waals surface area contributed by atoms with Crippen LogP contribution in [0.5, 0.6) is 0 Å². The molecule has 0 bridgehead atoms. The highest BCUT2D eigenvalue weighted by atomic mass is 16.7. The highest BCUT2D eigenvalue weighted by Crippen LogP contribution is 2.64.